The minimum Gasteiger partial charge on any atom is -0.325 e. The van der Waals surface area contributed by atoms with Crippen molar-refractivity contribution in [2.45, 2.75) is 56.9 Å². The summed E-state index contributed by atoms with van der Waals surface area (Å²) in [5.74, 6) is 1.04. The Morgan fingerprint density at radius 2 is 2.00 bits per heavy atom. The summed E-state index contributed by atoms with van der Waals surface area (Å²) in [6.45, 7) is 3.86. The summed E-state index contributed by atoms with van der Waals surface area (Å²) < 4.78 is 0. The van der Waals surface area contributed by atoms with Gasteiger partial charge in [0.2, 0.25) is 5.91 Å². The molecule has 0 unspecified atom stereocenters. The van der Waals surface area contributed by atoms with Crippen molar-refractivity contribution in [2.75, 3.05) is 18.4 Å². The minimum absolute atomic E-state index is 0.193. The van der Waals surface area contributed by atoms with Crippen molar-refractivity contribution in [1.82, 2.24) is 4.90 Å². The highest BCUT2D eigenvalue weighted by molar-refractivity contribution is 6.06. The van der Waals surface area contributed by atoms with Gasteiger partial charge in [0.05, 0.1) is 5.41 Å². The molecule has 4 heteroatoms. The Labute approximate surface area is 143 Å². The van der Waals surface area contributed by atoms with Crippen LogP contribution < -0.4 is 5.32 Å². The second-order valence-electron chi connectivity index (χ2n) is 7.87. The SMILES string of the molecule is CC(=O)C[C@@H]1CCN(C2CCC3(CC2)C(=O)Nc2ccccc23)C1. The Morgan fingerprint density at radius 3 is 2.75 bits per heavy atom. The van der Waals surface area contributed by atoms with E-state index in [0.29, 0.717) is 17.7 Å². The smallest absolute Gasteiger partial charge is 0.235 e. The van der Waals surface area contributed by atoms with Crippen molar-refractivity contribution in [3.8, 4) is 0 Å². The van der Waals surface area contributed by atoms with Gasteiger partial charge in [-0.3, -0.25) is 4.79 Å². The van der Waals surface area contributed by atoms with Crippen molar-refractivity contribution in [3.63, 3.8) is 0 Å². The molecule has 4 nitrogen and oxygen atoms in total. The van der Waals surface area contributed by atoms with Crippen LogP contribution in [0.5, 0.6) is 0 Å². The third-order valence-corrected chi connectivity index (χ3v) is 6.34. The molecule has 0 bridgehead atoms. The first-order valence-corrected chi connectivity index (χ1v) is 9.23. The largest absolute Gasteiger partial charge is 0.325 e. The molecule has 1 N–H and O–H groups in total. The molecule has 1 aromatic rings. The number of rotatable bonds is 3. The van der Waals surface area contributed by atoms with Gasteiger partial charge in [-0.15, -0.1) is 0 Å². The predicted molar refractivity (Wildman–Crippen MR) is 94.0 cm³/mol. The summed E-state index contributed by atoms with van der Waals surface area (Å²) in [7, 11) is 0. The number of nitrogens with zero attached hydrogens (tertiary/aromatic N) is 1. The number of anilines is 1. The van der Waals surface area contributed by atoms with Crippen molar-refractivity contribution >= 4 is 17.4 Å². The van der Waals surface area contributed by atoms with E-state index in [1.807, 2.05) is 18.2 Å². The summed E-state index contributed by atoms with van der Waals surface area (Å²) in [5.41, 5.74) is 1.90. The van der Waals surface area contributed by atoms with E-state index in [4.69, 9.17) is 0 Å². The zero-order chi connectivity index (χ0) is 16.7. The van der Waals surface area contributed by atoms with Gasteiger partial charge in [0.15, 0.2) is 0 Å². The van der Waals surface area contributed by atoms with Crippen molar-refractivity contribution in [2.24, 2.45) is 5.92 Å². The molecule has 24 heavy (non-hydrogen) atoms. The second kappa shape index (κ2) is 5.99. The van der Waals surface area contributed by atoms with Gasteiger partial charge in [0, 0.05) is 24.7 Å². The van der Waals surface area contributed by atoms with Crippen LogP contribution >= 0.6 is 0 Å². The lowest BCUT2D eigenvalue weighted by atomic mass is 9.68. The van der Waals surface area contributed by atoms with E-state index in [1.54, 1.807) is 6.92 Å². The minimum atomic E-state index is -0.300. The first-order chi connectivity index (χ1) is 11.6. The monoisotopic (exact) mass is 326 g/mol. The van der Waals surface area contributed by atoms with Gasteiger partial charge in [0.1, 0.15) is 5.78 Å². The molecule has 3 aliphatic rings. The van der Waals surface area contributed by atoms with Crippen LogP contribution in [0.25, 0.3) is 0 Å². The molecule has 4 rings (SSSR count). The van der Waals surface area contributed by atoms with E-state index < -0.39 is 0 Å². The molecule has 1 saturated carbocycles. The number of benzene rings is 1. The van der Waals surface area contributed by atoms with Gasteiger partial charge in [-0.25, -0.2) is 0 Å². The van der Waals surface area contributed by atoms with E-state index in [-0.39, 0.29) is 11.3 Å². The van der Waals surface area contributed by atoms with E-state index >= 15 is 0 Å². The molecule has 128 valence electrons. The first-order valence-electron chi connectivity index (χ1n) is 9.23. The van der Waals surface area contributed by atoms with Crippen LogP contribution in [0.1, 0.15) is 51.0 Å². The highest BCUT2D eigenvalue weighted by atomic mass is 16.2. The Balaban J connectivity index is 1.43. The highest BCUT2D eigenvalue weighted by Gasteiger charge is 2.49. The van der Waals surface area contributed by atoms with Crippen LogP contribution in [0.3, 0.4) is 0 Å². The molecule has 1 aromatic carbocycles. The molecule has 1 amide bonds. The number of fused-ring (bicyclic) bond motifs is 2. The quantitative estimate of drug-likeness (QED) is 0.928. The molecule has 0 aromatic heterocycles. The molecular formula is C20H26N2O2. The number of likely N-dealkylation sites (tertiary alicyclic amines) is 1. The molecule has 2 aliphatic heterocycles. The van der Waals surface area contributed by atoms with Crippen LogP contribution in [0.4, 0.5) is 5.69 Å². The molecule has 2 heterocycles. The van der Waals surface area contributed by atoms with Gasteiger partial charge in [-0.05, 0) is 63.1 Å². The third kappa shape index (κ3) is 2.57. The summed E-state index contributed by atoms with van der Waals surface area (Å²) in [6.07, 6.45) is 5.90. The average Bonchev–Trinajstić information content (AvgIpc) is 3.12. The van der Waals surface area contributed by atoms with Crippen LogP contribution in [0.15, 0.2) is 24.3 Å². The fourth-order valence-electron chi connectivity index (χ4n) is 5.10. The van der Waals surface area contributed by atoms with Crippen LogP contribution in [0.2, 0.25) is 0 Å². The Kier molecular flexibility index (Phi) is 3.95. The zero-order valence-corrected chi connectivity index (χ0v) is 14.4. The first kappa shape index (κ1) is 15.8. The number of carbonyl (C=O) groups is 2. The number of hydrogen-bond donors (Lipinski definition) is 1. The predicted octanol–water partition coefficient (Wildman–Crippen LogP) is 3.12. The lowest BCUT2D eigenvalue weighted by Crippen LogP contribution is -2.44. The van der Waals surface area contributed by atoms with E-state index in [0.717, 1.165) is 57.3 Å². The standard InChI is InChI=1S/C20H26N2O2/c1-14(23)12-15-8-11-22(13-15)16-6-9-20(10-7-16)17-4-2-3-5-18(17)21-19(20)24/h2-5,15-16H,6-13H2,1H3,(H,21,24)/t15-,16?,20?/m0/s1. The van der Waals surface area contributed by atoms with Crippen molar-refractivity contribution in [1.29, 1.82) is 0 Å². The van der Waals surface area contributed by atoms with Crippen LogP contribution in [-0.2, 0) is 15.0 Å². The molecule has 1 spiro atoms. The Hall–Kier alpha value is -1.68. The normalized spacial score (nSPS) is 32.8. The van der Waals surface area contributed by atoms with E-state index in [1.165, 1.54) is 5.56 Å². The fourth-order valence-corrected chi connectivity index (χ4v) is 5.10. The summed E-state index contributed by atoms with van der Waals surface area (Å²) in [6, 6.07) is 8.74. The molecule has 0 radical (unpaired) electrons. The van der Waals surface area contributed by atoms with Gasteiger partial charge in [-0.1, -0.05) is 18.2 Å². The lowest BCUT2D eigenvalue weighted by Gasteiger charge is -2.39. The molecular weight excluding hydrogens is 300 g/mol. The molecule has 1 atom stereocenters. The second-order valence-corrected chi connectivity index (χ2v) is 7.87. The van der Waals surface area contributed by atoms with Crippen molar-refractivity contribution in [3.05, 3.63) is 29.8 Å². The highest BCUT2D eigenvalue weighted by Crippen LogP contribution is 2.48. The zero-order valence-electron chi connectivity index (χ0n) is 14.4. The average molecular weight is 326 g/mol. The lowest BCUT2D eigenvalue weighted by molar-refractivity contribution is -0.122. The van der Waals surface area contributed by atoms with E-state index in [9.17, 15) is 9.59 Å². The van der Waals surface area contributed by atoms with Gasteiger partial charge in [-0.2, -0.15) is 0 Å². The Bertz CT molecular complexity index is 661. The van der Waals surface area contributed by atoms with Crippen LogP contribution in [-0.4, -0.2) is 35.7 Å². The maximum Gasteiger partial charge on any atom is 0.235 e. The fraction of sp³-hybridized carbons (Fsp3) is 0.600. The number of para-hydroxylation sites is 1. The number of carbonyl (C=O) groups excluding carboxylic acids is 2. The van der Waals surface area contributed by atoms with Crippen LogP contribution in [0, 0.1) is 5.92 Å². The van der Waals surface area contributed by atoms with Gasteiger partial charge >= 0.3 is 0 Å². The number of ketones is 1. The molecule has 2 fully saturated rings. The third-order valence-electron chi connectivity index (χ3n) is 6.34. The molecule has 1 aliphatic carbocycles. The maximum atomic E-state index is 12.6. The van der Waals surface area contributed by atoms with E-state index in [2.05, 4.69) is 16.3 Å². The maximum absolute atomic E-state index is 12.6. The summed E-state index contributed by atoms with van der Waals surface area (Å²) in [4.78, 5) is 26.6. The number of amides is 1. The number of hydrogen-bond acceptors (Lipinski definition) is 3. The van der Waals surface area contributed by atoms with Gasteiger partial charge in [0.25, 0.3) is 0 Å². The number of nitrogens with one attached hydrogen (secondary N) is 1. The number of Topliss-reactive ketones (excluding diaryl/α,β-unsaturated/α-hetero) is 1. The van der Waals surface area contributed by atoms with Crippen molar-refractivity contribution < 1.29 is 9.59 Å². The summed E-state index contributed by atoms with van der Waals surface area (Å²) >= 11 is 0. The molecule has 1 saturated heterocycles. The van der Waals surface area contributed by atoms with Gasteiger partial charge < -0.3 is 15.0 Å². The summed E-state index contributed by atoms with van der Waals surface area (Å²) in [5, 5.41) is 3.08. The topological polar surface area (TPSA) is 49.4 Å². The Morgan fingerprint density at radius 1 is 1.25 bits per heavy atom.